The first-order valence-corrected chi connectivity index (χ1v) is 6.24. The quantitative estimate of drug-likeness (QED) is 0.882. The lowest BCUT2D eigenvalue weighted by atomic mass is 10.0. The van der Waals surface area contributed by atoms with Crippen LogP contribution in [0.25, 0.3) is 0 Å². The average molecular weight is 270 g/mol. The summed E-state index contributed by atoms with van der Waals surface area (Å²) < 4.78 is 0. The maximum atomic E-state index is 11.9. The summed E-state index contributed by atoms with van der Waals surface area (Å²) in [6.45, 7) is 3.82. The van der Waals surface area contributed by atoms with E-state index in [1.807, 2.05) is 38.9 Å². The number of anilines is 2. The first-order chi connectivity index (χ1) is 8.32. The lowest BCUT2D eigenvalue weighted by Gasteiger charge is -2.20. The van der Waals surface area contributed by atoms with E-state index < -0.39 is 6.04 Å². The first kappa shape index (κ1) is 14.8. The van der Waals surface area contributed by atoms with E-state index in [0.29, 0.717) is 10.7 Å². The summed E-state index contributed by atoms with van der Waals surface area (Å²) in [7, 11) is 3.81. The Morgan fingerprint density at radius 2 is 2.00 bits per heavy atom. The Balaban J connectivity index is 2.96. The maximum Gasteiger partial charge on any atom is 0.241 e. The van der Waals surface area contributed by atoms with E-state index in [1.54, 1.807) is 12.1 Å². The zero-order valence-corrected chi connectivity index (χ0v) is 12.0. The Morgan fingerprint density at radius 3 is 2.50 bits per heavy atom. The van der Waals surface area contributed by atoms with Gasteiger partial charge >= 0.3 is 0 Å². The van der Waals surface area contributed by atoms with E-state index in [1.165, 1.54) is 0 Å². The molecule has 1 amide bonds. The predicted molar refractivity (Wildman–Crippen MR) is 77.2 cm³/mol. The summed E-state index contributed by atoms with van der Waals surface area (Å²) in [5, 5.41) is 3.40. The number of nitrogens with one attached hydrogen (secondary N) is 1. The number of carbonyl (C=O) groups is 1. The van der Waals surface area contributed by atoms with Gasteiger partial charge in [-0.05, 0) is 24.1 Å². The van der Waals surface area contributed by atoms with Crippen molar-refractivity contribution in [2.75, 3.05) is 24.3 Å². The van der Waals surface area contributed by atoms with Crippen LogP contribution in [0.15, 0.2) is 18.2 Å². The molecule has 0 aromatic heterocycles. The van der Waals surface area contributed by atoms with Crippen molar-refractivity contribution < 1.29 is 4.79 Å². The van der Waals surface area contributed by atoms with Crippen molar-refractivity contribution in [1.29, 1.82) is 0 Å². The molecule has 18 heavy (non-hydrogen) atoms. The number of amides is 1. The van der Waals surface area contributed by atoms with Crippen LogP contribution >= 0.6 is 11.6 Å². The second-order valence-electron chi connectivity index (χ2n) is 4.81. The Hall–Kier alpha value is -1.26. The molecule has 0 aliphatic rings. The molecule has 0 aliphatic heterocycles. The van der Waals surface area contributed by atoms with Crippen molar-refractivity contribution in [3.63, 3.8) is 0 Å². The van der Waals surface area contributed by atoms with Gasteiger partial charge in [0.15, 0.2) is 0 Å². The monoisotopic (exact) mass is 269 g/mol. The predicted octanol–water partition coefficient (Wildman–Crippen LogP) is 2.33. The van der Waals surface area contributed by atoms with E-state index in [4.69, 9.17) is 17.3 Å². The molecule has 0 heterocycles. The Kier molecular flexibility index (Phi) is 4.99. The van der Waals surface area contributed by atoms with Crippen LogP contribution < -0.4 is 16.0 Å². The molecule has 5 heteroatoms. The number of nitrogens with zero attached hydrogens (tertiary/aromatic N) is 1. The molecule has 0 aliphatic carbocycles. The second kappa shape index (κ2) is 6.07. The molecule has 1 aromatic carbocycles. The summed E-state index contributed by atoms with van der Waals surface area (Å²) in [5.74, 6) is -0.109. The molecule has 1 rings (SSSR count). The molecule has 4 nitrogen and oxygen atoms in total. The third-order valence-corrected chi connectivity index (χ3v) is 2.95. The van der Waals surface area contributed by atoms with Crippen LogP contribution in [0.4, 0.5) is 11.4 Å². The molecule has 1 aromatic rings. The van der Waals surface area contributed by atoms with E-state index in [9.17, 15) is 4.79 Å². The molecule has 100 valence electrons. The van der Waals surface area contributed by atoms with Gasteiger partial charge in [0.1, 0.15) is 0 Å². The third-order valence-electron chi connectivity index (χ3n) is 2.72. The maximum absolute atomic E-state index is 11.9. The lowest BCUT2D eigenvalue weighted by Crippen LogP contribution is -2.40. The Labute approximate surface area is 113 Å². The van der Waals surface area contributed by atoms with Crippen molar-refractivity contribution in [1.82, 2.24) is 0 Å². The SMILES string of the molecule is CC(C)[C@@H](N)C(=O)Nc1cc(Cl)ccc1N(C)C. The normalized spacial score (nSPS) is 12.4. The molecule has 0 fully saturated rings. The number of hydrogen-bond donors (Lipinski definition) is 2. The molecular formula is C13H20ClN3O. The van der Waals surface area contributed by atoms with Crippen LogP contribution in [-0.4, -0.2) is 26.0 Å². The molecule has 0 unspecified atom stereocenters. The topological polar surface area (TPSA) is 58.4 Å². The lowest BCUT2D eigenvalue weighted by molar-refractivity contribution is -0.118. The third kappa shape index (κ3) is 3.62. The fourth-order valence-corrected chi connectivity index (χ4v) is 1.69. The van der Waals surface area contributed by atoms with Crippen LogP contribution in [0.2, 0.25) is 5.02 Å². The first-order valence-electron chi connectivity index (χ1n) is 5.86. The second-order valence-corrected chi connectivity index (χ2v) is 5.25. The van der Waals surface area contributed by atoms with E-state index in [-0.39, 0.29) is 11.8 Å². The van der Waals surface area contributed by atoms with Crippen molar-refractivity contribution in [3.05, 3.63) is 23.2 Å². The van der Waals surface area contributed by atoms with Gasteiger partial charge in [0, 0.05) is 19.1 Å². The molecule has 0 saturated heterocycles. The number of nitrogens with two attached hydrogens (primary N) is 1. The van der Waals surface area contributed by atoms with Crippen LogP contribution in [0.3, 0.4) is 0 Å². The Bertz CT molecular complexity index is 432. The van der Waals surface area contributed by atoms with Crippen LogP contribution in [-0.2, 0) is 4.79 Å². The van der Waals surface area contributed by atoms with E-state index in [2.05, 4.69) is 5.32 Å². The molecule has 0 spiro atoms. The molecular weight excluding hydrogens is 250 g/mol. The van der Waals surface area contributed by atoms with Crippen molar-refractivity contribution >= 4 is 28.9 Å². The van der Waals surface area contributed by atoms with Gasteiger partial charge in [-0.15, -0.1) is 0 Å². The van der Waals surface area contributed by atoms with Gasteiger partial charge in [0.25, 0.3) is 0 Å². The number of rotatable bonds is 4. The largest absolute Gasteiger partial charge is 0.376 e. The molecule has 0 radical (unpaired) electrons. The highest BCUT2D eigenvalue weighted by Crippen LogP contribution is 2.28. The van der Waals surface area contributed by atoms with Crippen LogP contribution in [0.1, 0.15) is 13.8 Å². The van der Waals surface area contributed by atoms with Gasteiger partial charge in [0.05, 0.1) is 17.4 Å². The highest BCUT2D eigenvalue weighted by molar-refractivity contribution is 6.31. The highest BCUT2D eigenvalue weighted by atomic mass is 35.5. The number of benzene rings is 1. The summed E-state index contributed by atoms with van der Waals surface area (Å²) >= 11 is 5.95. The summed E-state index contributed by atoms with van der Waals surface area (Å²) in [6, 6.07) is 4.84. The van der Waals surface area contributed by atoms with Gasteiger partial charge in [-0.25, -0.2) is 0 Å². The molecule has 3 N–H and O–H groups in total. The van der Waals surface area contributed by atoms with E-state index >= 15 is 0 Å². The molecule has 0 bridgehead atoms. The minimum absolute atomic E-state index is 0.0898. The molecule has 1 atom stereocenters. The number of carbonyl (C=O) groups excluding carboxylic acids is 1. The van der Waals surface area contributed by atoms with Gasteiger partial charge in [-0.1, -0.05) is 25.4 Å². The van der Waals surface area contributed by atoms with E-state index in [0.717, 1.165) is 5.69 Å². The van der Waals surface area contributed by atoms with Gasteiger partial charge < -0.3 is 16.0 Å². The number of halogens is 1. The zero-order chi connectivity index (χ0) is 13.9. The smallest absolute Gasteiger partial charge is 0.241 e. The Morgan fingerprint density at radius 1 is 1.39 bits per heavy atom. The van der Waals surface area contributed by atoms with Crippen LogP contribution in [0.5, 0.6) is 0 Å². The minimum atomic E-state index is -0.529. The summed E-state index contributed by atoms with van der Waals surface area (Å²) in [6.07, 6.45) is 0. The van der Waals surface area contributed by atoms with Crippen molar-refractivity contribution in [2.45, 2.75) is 19.9 Å². The minimum Gasteiger partial charge on any atom is -0.376 e. The summed E-state index contributed by atoms with van der Waals surface area (Å²) in [4.78, 5) is 13.9. The fraction of sp³-hybridized carbons (Fsp3) is 0.462. The van der Waals surface area contributed by atoms with Gasteiger partial charge in [-0.3, -0.25) is 4.79 Å². The van der Waals surface area contributed by atoms with Crippen molar-refractivity contribution in [2.24, 2.45) is 11.7 Å². The van der Waals surface area contributed by atoms with Gasteiger partial charge in [0.2, 0.25) is 5.91 Å². The zero-order valence-electron chi connectivity index (χ0n) is 11.2. The summed E-state index contributed by atoms with van der Waals surface area (Å²) in [5.41, 5.74) is 7.38. The van der Waals surface area contributed by atoms with Crippen LogP contribution in [0, 0.1) is 5.92 Å². The molecule has 0 saturated carbocycles. The highest BCUT2D eigenvalue weighted by Gasteiger charge is 2.18. The fourth-order valence-electron chi connectivity index (χ4n) is 1.52. The van der Waals surface area contributed by atoms with Crippen molar-refractivity contribution in [3.8, 4) is 0 Å². The standard InChI is InChI=1S/C13H20ClN3O/c1-8(2)12(15)13(18)16-10-7-9(14)5-6-11(10)17(3)4/h5-8,12H,15H2,1-4H3,(H,16,18)/t12-/m1/s1. The number of hydrogen-bond acceptors (Lipinski definition) is 3. The van der Waals surface area contributed by atoms with Gasteiger partial charge in [-0.2, -0.15) is 0 Å². The average Bonchev–Trinajstić information content (AvgIpc) is 2.27.